The fourth-order valence-corrected chi connectivity index (χ4v) is 3.90. The summed E-state index contributed by atoms with van der Waals surface area (Å²) in [6.45, 7) is 1.03. The molecule has 0 radical (unpaired) electrons. The Morgan fingerprint density at radius 1 is 0.650 bits per heavy atom. The van der Waals surface area contributed by atoms with E-state index in [2.05, 4.69) is 0 Å². The van der Waals surface area contributed by atoms with Crippen molar-refractivity contribution in [1.82, 2.24) is 0 Å². The van der Waals surface area contributed by atoms with E-state index in [1.807, 2.05) is 0 Å². The van der Waals surface area contributed by atoms with E-state index in [1.165, 1.54) is 12.8 Å². The second-order valence-electron chi connectivity index (χ2n) is 6.61. The van der Waals surface area contributed by atoms with Gasteiger partial charge in [0, 0.05) is 0 Å². The van der Waals surface area contributed by atoms with Crippen LogP contribution in [0.4, 0.5) is 0 Å². The molecular formula is C16H24O4. The Morgan fingerprint density at radius 3 is 1.45 bits per heavy atom. The van der Waals surface area contributed by atoms with E-state index in [-0.39, 0.29) is 23.8 Å². The van der Waals surface area contributed by atoms with Crippen LogP contribution in [0.2, 0.25) is 0 Å². The van der Waals surface area contributed by atoms with E-state index < -0.39 is 0 Å². The van der Waals surface area contributed by atoms with Gasteiger partial charge in [0.15, 0.2) is 0 Å². The number of hydrogen-bond donors (Lipinski definition) is 0. The topological polar surface area (TPSA) is 52.6 Å². The summed E-state index contributed by atoms with van der Waals surface area (Å²) in [7, 11) is 0. The molecule has 20 heavy (non-hydrogen) atoms. The summed E-state index contributed by atoms with van der Waals surface area (Å²) < 4.78 is 11.1. The molecule has 4 heteroatoms. The van der Waals surface area contributed by atoms with Crippen LogP contribution in [0.25, 0.3) is 0 Å². The normalized spacial score (nSPS) is 39.0. The van der Waals surface area contributed by atoms with Gasteiger partial charge in [0.2, 0.25) is 0 Å². The van der Waals surface area contributed by atoms with Gasteiger partial charge in [-0.2, -0.15) is 0 Å². The quantitative estimate of drug-likeness (QED) is 0.640. The molecule has 4 rings (SSSR count). The number of esters is 2. The van der Waals surface area contributed by atoms with E-state index in [0.29, 0.717) is 25.0 Å². The SMILES string of the molecule is O=C1OCC2CCCCC2COC(=O)C2CCC1CC2. The lowest BCUT2D eigenvalue weighted by Crippen LogP contribution is -2.35. The van der Waals surface area contributed by atoms with Gasteiger partial charge in [0.25, 0.3) is 0 Å². The Hall–Kier alpha value is -1.06. The molecule has 2 aliphatic carbocycles. The zero-order chi connectivity index (χ0) is 13.9. The van der Waals surface area contributed by atoms with Crippen LogP contribution in [-0.4, -0.2) is 25.2 Å². The van der Waals surface area contributed by atoms with Crippen LogP contribution >= 0.6 is 0 Å². The van der Waals surface area contributed by atoms with E-state index in [9.17, 15) is 9.59 Å². The molecule has 2 heterocycles. The van der Waals surface area contributed by atoms with Crippen LogP contribution in [0.15, 0.2) is 0 Å². The average molecular weight is 280 g/mol. The molecule has 4 nitrogen and oxygen atoms in total. The Morgan fingerprint density at radius 2 is 1.05 bits per heavy atom. The number of ether oxygens (including phenoxy) is 2. The molecule has 2 atom stereocenters. The number of carbonyl (C=O) groups is 2. The zero-order valence-corrected chi connectivity index (χ0v) is 12.0. The van der Waals surface area contributed by atoms with Crippen molar-refractivity contribution < 1.29 is 19.1 Å². The lowest BCUT2D eigenvalue weighted by atomic mass is 9.79. The predicted molar refractivity (Wildman–Crippen MR) is 72.8 cm³/mol. The van der Waals surface area contributed by atoms with Crippen molar-refractivity contribution in [2.45, 2.75) is 51.4 Å². The van der Waals surface area contributed by atoms with Crippen molar-refractivity contribution in [3.05, 3.63) is 0 Å². The molecule has 4 fully saturated rings. The zero-order valence-electron chi connectivity index (χ0n) is 12.0. The number of carbonyl (C=O) groups excluding carboxylic acids is 2. The highest BCUT2D eigenvalue weighted by atomic mass is 16.5. The molecule has 0 aromatic carbocycles. The first kappa shape index (κ1) is 13.9. The number of fused-ring (bicyclic) bond motifs is 6. The van der Waals surface area contributed by atoms with E-state index in [0.717, 1.165) is 38.5 Å². The third-order valence-corrected chi connectivity index (χ3v) is 5.34. The molecule has 2 bridgehead atoms. The van der Waals surface area contributed by atoms with Crippen molar-refractivity contribution >= 4 is 11.9 Å². The molecule has 0 spiro atoms. The second kappa shape index (κ2) is 6.15. The Labute approximate surface area is 120 Å². The summed E-state index contributed by atoms with van der Waals surface area (Å²) in [5.41, 5.74) is 0. The third-order valence-electron chi connectivity index (χ3n) is 5.34. The summed E-state index contributed by atoms with van der Waals surface area (Å²) in [6.07, 6.45) is 7.64. The van der Waals surface area contributed by atoms with Gasteiger partial charge in [0.1, 0.15) is 0 Å². The summed E-state index contributed by atoms with van der Waals surface area (Å²) in [5.74, 6) is 0.668. The molecule has 0 aromatic heterocycles. The molecule has 4 aliphatic rings. The minimum atomic E-state index is -0.0401. The first-order valence-corrected chi connectivity index (χ1v) is 8.07. The van der Waals surface area contributed by atoms with Gasteiger partial charge >= 0.3 is 11.9 Å². The Kier molecular flexibility index (Phi) is 4.27. The lowest BCUT2D eigenvalue weighted by Gasteiger charge is -2.33. The molecule has 0 N–H and O–H groups in total. The summed E-state index contributed by atoms with van der Waals surface area (Å²) in [6, 6.07) is 0. The maximum Gasteiger partial charge on any atom is 0.308 e. The van der Waals surface area contributed by atoms with Crippen LogP contribution in [0.1, 0.15) is 51.4 Å². The molecule has 2 saturated carbocycles. The van der Waals surface area contributed by atoms with Gasteiger partial charge in [-0.15, -0.1) is 0 Å². The van der Waals surface area contributed by atoms with Gasteiger partial charge in [0.05, 0.1) is 25.0 Å². The van der Waals surface area contributed by atoms with Crippen LogP contribution < -0.4 is 0 Å². The van der Waals surface area contributed by atoms with Crippen molar-refractivity contribution in [1.29, 1.82) is 0 Å². The predicted octanol–water partition coefficient (Wildman–Crippen LogP) is 2.70. The highest BCUT2D eigenvalue weighted by Crippen LogP contribution is 2.34. The highest BCUT2D eigenvalue weighted by Gasteiger charge is 2.35. The van der Waals surface area contributed by atoms with Crippen LogP contribution in [0.5, 0.6) is 0 Å². The first-order valence-electron chi connectivity index (χ1n) is 8.07. The monoisotopic (exact) mass is 280 g/mol. The molecule has 2 unspecified atom stereocenters. The summed E-state index contributed by atoms with van der Waals surface area (Å²) in [5, 5.41) is 0. The van der Waals surface area contributed by atoms with E-state index in [4.69, 9.17) is 9.47 Å². The van der Waals surface area contributed by atoms with Crippen LogP contribution in [0, 0.1) is 23.7 Å². The maximum atomic E-state index is 12.1. The largest absolute Gasteiger partial charge is 0.465 e. The average Bonchev–Trinajstić information content (AvgIpc) is 2.50. The molecule has 0 aromatic rings. The van der Waals surface area contributed by atoms with Gasteiger partial charge in [-0.05, 0) is 50.4 Å². The minimum absolute atomic E-state index is 0.000479. The van der Waals surface area contributed by atoms with E-state index >= 15 is 0 Å². The van der Waals surface area contributed by atoms with Crippen LogP contribution in [-0.2, 0) is 19.1 Å². The lowest BCUT2D eigenvalue weighted by molar-refractivity contribution is -0.161. The highest BCUT2D eigenvalue weighted by molar-refractivity contribution is 5.75. The third kappa shape index (κ3) is 2.99. The fraction of sp³-hybridized carbons (Fsp3) is 0.875. The fourth-order valence-electron chi connectivity index (χ4n) is 3.90. The Balaban J connectivity index is 1.71. The van der Waals surface area contributed by atoms with Crippen molar-refractivity contribution in [3.63, 3.8) is 0 Å². The van der Waals surface area contributed by atoms with Gasteiger partial charge in [-0.25, -0.2) is 0 Å². The number of rotatable bonds is 0. The minimum Gasteiger partial charge on any atom is -0.465 e. The molecule has 2 saturated heterocycles. The second-order valence-corrected chi connectivity index (χ2v) is 6.61. The van der Waals surface area contributed by atoms with Gasteiger partial charge < -0.3 is 9.47 Å². The molecule has 112 valence electrons. The Bertz CT molecular complexity index is 335. The standard InChI is InChI=1S/C16H24O4/c17-15-11-5-7-12(8-6-11)16(18)20-10-14-4-2-1-3-13(14)9-19-15/h11-14H,1-10H2. The van der Waals surface area contributed by atoms with Crippen molar-refractivity contribution in [2.24, 2.45) is 23.7 Å². The first-order chi connectivity index (χ1) is 9.74. The molecular weight excluding hydrogens is 256 g/mol. The van der Waals surface area contributed by atoms with Gasteiger partial charge in [-0.3, -0.25) is 9.59 Å². The van der Waals surface area contributed by atoms with Crippen molar-refractivity contribution in [3.8, 4) is 0 Å². The van der Waals surface area contributed by atoms with Crippen molar-refractivity contribution in [2.75, 3.05) is 13.2 Å². The summed E-state index contributed by atoms with van der Waals surface area (Å²) >= 11 is 0. The maximum absolute atomic E-state index is 12.1. The van der Waals surface area contributed by atoms with Gasteiger partial charge in [-0.1, -0.05) is 12.8 Å². The summed E-state index contributed by atoms with van der Waals surface area (Å²) in [4.78, 5) is 24.2. The van der Waals surface area contributed by atoms with E-state index in [1.54, 1.807) is 0 Å². The molecule has 2 aliphatic heterocycles. The number of hydrogen-bond acceptors (Lipinski definition) is 4. The smallest absolute Gasteiger partial charge is 0.308 e. The molecule has 0 amide bonds. The van der Waals surface area contributed by atoms with Crippen LogP contribution in [0.3, 0.4) is 0 Å².